The molecule has 0 saturated heterocycles. The van der Waals surface area contributed by atoms with Gasteiger partial charge in [-0.05, 0) is 108 Å². The van der Waals surface area contributed by atoms with E-state index in [1.165, 1.54) is 77.2 Å². The van der Waals surface area contributed by atoms with Crippen molar-refractivity contribution in [2.75, 3.05) is 0 Å². The summed E-state index contributed by atoms with van der Waals surface area (Å²) in [6.07, 6.45) is 9.32. The average Bonchev–Trinajstić information content (AvgIpc) is 3.21. The average molecular weight is 637 g/mol. The van der Waals surface area contributed by atoms with Crippen LogP contribution in [0.5, 0.6) is 0 Å². The second kappa shape index (κ2) is 13.0. The first-order valence-corrected chi connectivity index (χ1v) is 17.5. The molecule has 0 radical (unpaired) electrons. The molecule has 236 valence electrons. The maximum Gasteiger partial charge on any atom is 0.0137 e. The Morgan fingerprint density at radius 3 is 1.14 bits per heavy atom. The van der Waals surface area contributed by atoms with Crippen LogP contribution in [0.3, 0.4) is 0 Å². The Labute approximate surface area is 294 Å². The fourth-order valence-corrected chi connectivity index (χ4v) is 7.90. The van der Waals surface area contributed by atoms with Crippen LogP contribution in [0.1, 0.15) is 11.1 Å². The third-order valence-electron chi connectivity index (χ3n) is 10.2. The quantitative estimate of drug-likeness (QED) is 0.170. The smallest absolute Gasteiger partial charge is 0.0137 e. The van der Waals surface area contributed by atoms with Crippen LogP contribution in [-0.2, 0) is 0 Å². The molecule has 0 saturated carbocycles. The van der Waals surface area contributed by atoms with Gasteiger partial charge in [-0.1, -0.05) is 176 Å². The fraction of sp³-hybridized carbons (Fsp3) is 0.0400. The monoisotopic (exact) mass is 636 g/mol. The molecule has 7 aromatic carbocycles. The molecule has 0 spiro atoms. The molecule has 0 aromatic heterocycles. The summed E-state index contributed by atoms with van der Waals surface area (Å²) in [6.45, 7) is 0. The first-order chi connectivity index (χ1) is 24.8. The van der Waals surface area contributed by atoms with Crippen molar-refractivity contribution in [2.45, 2.75) is 0 Å². The van der Waals surface area contributed by atoms with Crippen molar-refractivity contribution in [1.82, 2.24) is 0 Å². The molecule has 0 N–H and O–H groups in total. The van der Waals surface area contributed by atoms with Crippen LogP contribution in [0, 0.1) is 11.8 Å². The maximum atomic E-state index is 2.45. The van der Waals surface area contributed by atoms with Gasteiger partial charge in [0.25, 0.3) is 0 Å². The molecule has 7 aromatic rings. The third-order valence-corrected chi connectivity index (χ3v) is 10.2. The van der Waals surface area contributed by atoms with Crippen molar-refractivity contribution in [3.63, 3.8) is 0 Å². The predicted molar refractivity (Wildman–Crippen MR) is 211 cm³/mol. The summed E-state index contributed by atoms with van der Waals surface area (Å²) in [4.78, 5) is 0. The van der Waals surface area contributed by atoms with Crippen LogP contribution in [0.25, 0.3) is 55.7 Å². The van der Waals surface area contributed by atoms with E-state index in [0.29, 0.717) is 0 Å². The SMILES string of the molecule is C1=CC2C(c3cccc(-c4ccccc4)c3)=c3ccc(-c4ccccc4)cc3=C(c3cc(-c4ccccc4)cc(-c4ccccc4)c3)C2C=C1. The normalized spacial score (nSPS) is 16.2. The van der Waals surface area contributed by atoms with E-state index >= 15 is 0 Å². The van der Waals surface area contributed by atoms with Gasteiger partial charge in [0.2, 0.25) is 0 Å². The lowest BCUT2D eigenvalue weighted by Crippen LogP contribution is -2.40. The molecule has 0 fully saturated rings. The van der Waals surface area contributed by atoms with Crippen LogP contribution in [0.15, 0.2) is 206 Å². The van der Waals surface area contributed by atoms with Gasteiger partial charge in [0, 0.05) is 11.8 Å². The first-order valence-electron chi connectivity index (χ1n) is 17.5. The molecule has 0 bridgehead atoms. The van der Waals surface area contributed by atoms with E-state index in [0.717, 1.165) is 0 Å². The number of benzene rings is 7. The zero-order chi connectivity index (χ0) is 33.3. The summed E-state index contributed by atoms with van der Waals surface area (Å²) < 4.78 is 0. The molecule has 0 amide bonds. The van der Waals surface area contributed by atoms with Crippen molar-refractivity contribution in [1.29, 1.82) is 0 Å². The van der Waals surface area contributed by atoms with Gasteiger partial charge in [-0.3, -0.25) is 0 Å². The lowest BCUT2D eigenvalue weighted by Gasteiger charge is -2.34. The summed E-state index contributed by atoms with van der Waals surface area (Å²) in [6, 6.07) is 66.6. The summed E-state index contributed by atoms with van der Waals surface area (Å²) in [5.41, 5.74) is 15.1. The molecule has 50 heavy (non-hydrogen) atoms. The molecule has 0 heterocycles. The van der Waals surface area contributed by atoms with E-state index in [2.05, 4.69) is 206 Å². The Balaban J connectivity index is 1.38. The van der Waals surface area contributed by atoms with Crippen LogP contribution in [0.2, 0.25) is 0 Å². The van der Waals surface area contributed by atoms with E-state index in [9.17, 15) is 0 Å². The van der Waals surface area contributed by atoms with Gasteiger partial charge in [-0.25, -0.2) is 0 Å². The van der Waals surface area contributed by atoms with Crippen LogP contribution >= 0.6 is 0 Å². The topological polar surface area (TPSA) is 0 Å². The highest BCUT2D eigenvalue weighted by Gasteiger charge is 2.32. The molecular formula is C50H36. The second-order valence-corrected chi connectivity index (χ2v) is 13.3. The molecule has 2 aliphatic carbocycles. The van der Waals surface area contributed by atoms with Crippen molar-refractivity contribution in [3.8, 4) is 44.5 Å². The molecular weight excluding hydrogens is 601 g/mol. The molecule has 0 aliphatic heterocycles. The summed E-state index contributed by atoms with van der Waals surface area (Å²) in [5, 5.41) is 2.61. The standard InChI is InChI=1S/C50H36/c1-5-16-35(17-6-1)39-24-15-25-41(30-39)49-45-26-13-14-27-46(45)50(48-34-40(28-29-47(48)49)36-18-7-2-8-19-36)44-32-42(37-20-9-3-10-21-37)31-43(33-44)38-22-11-4-12-23-38/h1-34,45-46H. The highest BCUT2D eigenvalue weighted by atomic mass is 14.4. The van der Waals surface area contributed by atoms with Crippen molar-refractivity contribution in [2.24, 2.45) is 11.8 Å². The highest BCUT2D eigenvalue weighted by molar-refractivity contribution is 5.86. The lowest BCUT2D eigenvalue weighted by molar-refractivity contribution is 0.686. The van der Waals surface area contributed by atoms with Gasteiger partial charge in [-0.2, -0.15) is 0 Å². The van der Waals surface area contributed by atoms with E-state index in [1.54, 1.807) is 0 Å². The zero-order valence-corrected chi connectivity index (χ0v) is 27.8. The minimum Gasteiger partial charge on any atom is -0.0760 e. The van der Waals surface area contributed by atoms with Gasteiger partial charge in [0.15, 0.2) is 0 Å². The van der Waals surface area contributed by atoms with Gasteiger partial charge in [0.05, 0.1) is 0 Å². The Hall–Kier alpha value is -6.24. The summed E-state index contributed by atoms with van der Waals surface area (Å²) >= 11 is 0. The van der Waals surface area contributed by atoms with Crippen LogP contribution in [-0.4, -0.2) is 0 Å². The summed E-state index contributed by atoms with van der Waals surface area (Å²) in [5.74, 6) is 0.361. The van der Waals surface area contributed by atoms with E-state index < -0.39 is 0 Å². The van der Waals surface area contributed by atoms with E-state index in [4.69, 9.17) is 0 Å². The Bertz CT molecular complexity index is 2450. The Morgan fingerprint density at radius 1 is 0.240 bits per heavy atom. The summed E-state index contributed by atoms with van der Waals surface area (Å²) in [7, 11) is 0. The Morgan fingerprint density at radius 2 is 0.620 bits per heavy atom. The maximum absolute atomic E-state index is 2.45. The van der Waals surface area contributed by atoms with Crippen molar-refractivity contribution in [3.05, 3.63) is 228 Å². The molecule has 0 nitrogen and oxygen atoms in total. The third kappa shape index (κ3) is 5.55. The number of rotatable bonds is 6. The molecule has 2 aliphatic rings. The van der Waals surface area contributed by atoms with Gasteiger partial charge >= 0.3 is 0 Å². The second-order valence-electron chi connectivity index (χ2n) is 13.3. The number of allylic oxidation sites excluding steroid dienone is 4. The minimum absolute atomic E-state index is 0.170. The highest BCUT2D eigenvalue weighted by Crippen LogP contribution is 2.42. The van der Waals surface area contributed by atoms with Crippen LogP contribution < -0.4 is 10.4 Å². The number of hydrogen-bond donors (Lipinski definition) is 0. The fourth-order valence-electron chi connectivity index (χ4n) is 7.90. The zero-order valence-electron chi connectivity index (χ0n) is 27.8. The van der Waals surface area contributed by atoms with Gasteiger partial charge < -0.3 is 0 Å². The van der Waals surface area contributed by atoms with E-state index in [-0.39, 0.29) is 11.8 Å². The largest absolute Gasteiger partial charge is 0.0760 e. The molecule has 2 atom stereocenters. The molecule has 0 heteroatoms. The van der Waals surface area contributed by atoms with Crippen molar-refractivity contribution < 1.29 is 0 Å². The van der Waals surface area contributed by atoms with E-state index in [1.807, 2.05) is 0 Å². The van der Waals surface area contributed by atoms with Gasteiger partial charge in [-0.15, -0.1) is 0 Å². The number of fused-ring (bicyclic) bond motifs is 2. The van der Waals surface area contributed by atoms with Crippen LogP contribution in [0.4, 0.5) is 0 Å². The first kappa shape index (κ1) is 29.9. The predicted octanol–water partition coefficient (Wildman–Crippen LogP) is 11.1. The number of hydrogen-bond acceptors (Lipinski definition) is 0. The molecule has 9 rings (SSSR count). The lowest BCUT2D eigenvalue weighted by atomic mass is 9.69. The Kier molecular flexibility index (Phi) is 7.76. The van der Waals surface area contributed by atoms with Crippen molar-refractivity contribution >= 4 is 11.1 Å². The van der Waals surface area contributed by atoms with Gasteiger partial charge in [0.1, 0.15) is 0 Å². The minimum atomic E-state index is 0.170. The molecule has 2 unspecified atom stereocenters.